The van der Waals surface area contributed by atoms with Gasteiger partial charge in [-0.05, 0) is 18.8 Å². The highest BCUT2D eigenvalue weighted by Crippen LogP contribution is 2.29. The fraction of sp³-hybridized carbons (Fsp3) is 0.615. The van der Waals surface area contributed by atoms with E-state index in [0.717, 1.165) is 25.6 Å². The molecule has 0 radical (unpaired) electrons. The molecule has 0 atom stereocenters. The molecule has 3 rings (SSSR count). The second-order valence-corrected chi connectivity index (χ2v) is 5.47. The van der Waals surface area contributed by atoms with Crippen LogP contribution < -0.4 is 0 Å². The summed E-state index contributed by atoms with van der Waals surface area (Å²) in [5, 5.41) is 9.00. The second kappa shape index (κ2) is 5.24. The molecule has 2 N–H and O–H groups in total. The normalized spacial score (nSPS) is 20.1. The molecule has 7 heteroatoms. The van der Waals surface area contributed by atoms with Gasteiger partial charge in [0.05, 0.1) is 6.33 Å². The number of hydrogen-bond acceptors (Lipinski definition) is 4. The van der Waals surface area contributed by atoms with Gasteiger partial charge in [0, 0.05) is 32.7 Å². The fourth-order valence-electron chi connectivity index (χ4n) is 2.57. The molecule has 2 heterocycles. The van der Waals surface area contributed by atoms with E-state index in [4.69, 9.17) is 5.11 Å². The van der Waals surface area contributed by atoms with Crippen molar-refractivity contribution >= 4 is 11.9 Å². The first-order chi connectivity index (χ1) is 9.65. The largest absolute Gasteiger partial charge is 0.477 e. The highest BCUT2D eigenvalue weighted by atomic mass is 16.4. The first kappa shape index (κ1) is 13.1. The van der Waals surface area contributed by atoms with Crippen molar-refractivity contribution < 1.29 is 14.7 Å². The number of nitrogens with one attached hydrogen (secondary N) is 1. The predicted octanol–water partition coefficient (Wildman–Crippen LogP) is 0.276. The smallest absolute Gasteiger partial charge is 0.354 e. The van der Waals surface area contributed by atoms with Crippen LogP contribution in [-0.4, -0.2) is 69.5 Å². The monoisotopic (exact) mass is 278 g/mol. The third-order valence-electron chi connectivity index (χ3n) is 3.93. The van der Waals surface area contributed by atoms with Gasteiger partial charge < -0.3 is 15.0 Å². The number of aromatic amines is 1. The van der Waals surface area contributed by atoms with E-state index in [2.05, 4.69) is 14.9 Å². The van der Waals surface area contributed by atoms with Crippen molar-refractivity contribution in [2.24, 2.45) is 5.92 Å². The number of carbonyl (C=O) groups excluding carboxylic acids is 1. The van der Waals surface area contributed by atoms with Crippen molar-refractivity contribution in [2.45, 2.75) is 12.8 Å². The minimum Gasteiger partial charge on any atom is -0.477 e. The van der Waals surface area contributed by atoms with Crippen LogP contribution in [0.2, 0.25) is 0 Å². The van der Waals surface area contributed by atoms with Gasteiger partial charge in [0.2, 0.25) is 0 Å². The molecule has 0 unspecified atom stereocenters. The molecule has 1 saturated heterocycles. The number of carboxylic acids is 1. The molecule has 0 aromatic carbocycles. The minimum atomic E-state index is -1.15. The topological polar surface area (TPSA) is 89.5 Å². The molecule has 1 saturated carbocycles. The van der Waals surface area contributed by atoms with Crippen LogP contribution in [0.1, 0.15) is 33.8 Å². The van der Waals surface area contributed by atoms with Crippen molar-refractivity contribution in [1.82, 2.24) is 19.8 Å². The van der Waals surface area contributed by atoms with Gasteiger partial charge in [-0.1, -0.05) is 0 Å². The van der Waals surface area contributed by atoms with Crippen LogP contribution in [0.3, 0.4) is 0 Å². The third kappa shape index (κ3) is 2.67. The molecule has 20 heavy (non-hydrogen) atoms. The minimum absolute atomic E-state index is 0.00754. The highest BCUT2D eigenvalue weighted by Gasteiger charge is 2.30. The third-order valence-corrected chi connectivity index (χ3v) is 3.93. The van der Waals surface area contributed by atoms with Gasteiger partial charge in [0.15, 0.2) is 11.4 Å². The van der Waals surface area contributed by atoms with Gasteiger partial charge in [0.1, 0.15) is 0 Å². The van der Waals surface area contributed by atoms with Crippen LogP contribution in [0.15, 0.2) is 6.33 Å². The molecule has 2 aliphatic rings. The van der Waals surface area contributed by atoms with E-state index in [9.17, 15) is 9.59 Å². The van der Waals surface area contributed by atoms with Gasteiger partial charge in [-0.15, -0.1) is 0 Å². The maximum atomic E-state index is 12.3. The summed E-state index contributed by atoms with van der Waals surface area (Å²) in [4.78, 5) is 33.7. The van der Waals surface area contributed by atoms with E-state index >= 15 is 0 Å². The lowest BCUT2D eigenvalue weighted by Gasteiger charge is -2.34. The van der Waals surface area contributed by atoms with Gasteiger partial charge in [-0.3, -0.25) is 9.69 Å². The molecule has 1 aromatic heterocycles. The number of piperazine rings is 1. The summed E-state index contributed by atoms with van der Waals surface area (Å²) in [6, 6.07) is 0. The van der Waals surface area contributed by atoms with Crippen LogP contribution in [0.25, 0.3) is 0 Å². The average Bonchev–Trinajstić information content (AvgIpc) is 3.11. The van der Waals surface area contributed by atoms with Gasteiger partial charge in [-0.25, -0.2) is 9.78 Å². The standard InChI is InChI=1S/C13H18N4O3/c18-12(10-11(13(19)20)15-8-14-10)17-5-3-16(4-6-17)7-9-1-2-9/h8-9H,1-7H2,(H,14,15)(H,19,20). The maximum Gasteiger partial charge on any atom is 0.354 e. The molecule has 1 aromatic rings. The Labute approximate surface area is 116 Å². The number of nitrogens with zero attached hydrogens (tertiary/aromatic N) is 3. The Hall–Kier alpha value is -1.89. The lowest BCUT2D eigenvalue weighted by Crippen LogP contribution is -2.49. The number of aromatic nitrogens is 2. The summed E-state index contributed by atoms with van der Waals surface area (Å²) in [7, 11) is 0. The van der Waals surface area contributed by atoms with Crippen LogP contribution in [0.4, 0.5) is 0 Å². The Kier molecular flexibility index (Phi) is 3.43. The Morgan fingerprint density at radius 2 is 2.00 bits per heavy atom. The number of rotatable bonds is 4. The predicted molar refractivity (Wildman–Crippen MR) is 70.6 cm³/mol. The van der Waals surface area contributed by atoms with Crippen molar-refractivity contribution in [2.75, 3.05) is 32.7 Å². The molecule has 1 aliphatic heterocycles. The fourth-order valence-corrected chi connectivity index (χ4v) is 2.57. The lowest BCUT2D eigenvalue weighted by molar-refractivity contribution is 0.0605. The van der Waals surface area contributed by atoms with E-state index in [0.29, 0.717) is 13.1 Å². The summed E-state index contributed by atoms with van der Waals surface area (Å²) in [5.74, 6) is -0.602. The number of imidazole rings is 1. The number of H-pyrrole nitrogens is 1. The Morgan fingerprint density at radius 1 is 1.30 bits per heavy atom. The summed E-state index contributed by atoms with van der Waals surface area (Å²) in [5.41, 5.74) is -0.122. The first-order valence-electron chi connectivity index (χ1n) is 6.93. The Bertz CT molecular complexity index is 515. The van der Waals surface area contributed by atoms with Crippen molar-refractivity contribution in [3.63, 3.8) is 0 Å². The molecule has 7 nitrogen and oxygen atoms in total. The molecule has 0 spiro atoms. The number of hydrogen-bond donors (Lipinski definition) is 2. The zero-order valence-electron chi connectivity index (χ0n) is 11.2. The van der Waals surface area contributed by atoms with Crippen molar-refractivity contribution in [1.29, 1.82) is 0 Å². The molecule has 1 aliphatic carbocycles. The Morgan fingerprint density at radius 3 is 2.60 bits per heavy atom. The average molecular weight is 278 g/mol. The molecule has 1 amide bonds. The van der Waals surface area contributed by atoms with E-state index in [-0.39, 0.29) is 17.3 Å². The second-order valence-electron chi connectivity index (χ2n) is 5.47. The molecule has 108 valence electrons. The van der Waals surface area contributed by atoms with Crippen LogP contribution in [-0.2, 0) is 0 Å². The summed E-state index contributed by atoms with van der Waals surface area (Å²) in [6.45, 7) is 4.11. The quantitative estimate of drug-likeness (QED) is 0.825. The van der Waals surface area contributed by atoms with E-state index in [1.165, 1.54) is 19.2 Å². The van der Waals surface area contributed by atoms with Crippen molar-refractivity contribution in [3.05, 3.63) is 17.7 Å². The summed E-state index contributed by atoms with van der Waals surface area (Å²) >= 11 is 0. The zero-order valence-corrected chi connectivity index (χ0v) is 11.2. The molecule has 0 bridgehead atoms. The number of amides is 1. The molecular formula is C13H18N4O3. The SMILES string of the molecule is O=C(O)c1[nH]cnc1C(=O)N1CCN(CC2CC2)CC1. The number of aromatic carboxylic acids is 1. The van der Waals surface area contributed by atoms with Crippen LogP contribution >= 0.6 is 0 Å². The zero-order chi connectivity index (χ0) is 14.1. The van der Waals surface area contributed by atoms with E-state index in [1.807, 2.05) is 0 Å². The van der Waals surface area contributed by atoms with Gasteiger partial charge in [-0.2, -0.15) is 0 Å². The lowest BCUT2D eigenvalue weighted by atomic mass is 10.2. The van der Waals surface area contributed by atoms with Crippen molar-refractivity contribution in [3.8, 4) is 0 Å². The summed E-state index contributed by atoms with van der Waals surface area (Å²) in [6.07, 6.45) is 3.91. The molecular weight excluding hydrogens is 260 g/mol. The first-order valence-corrected chi connectivity index (χ1v) is 6.93. The van der Waals surface area contributed by atoms with E-state index in [1.54, 1.807) is 4.90 Å². The number of carboxylic acid groups (broad SMARTS) is 1. The van der Waals surface area contributed by atoms with E-state index < -0.39 is 5.97 Å². The highest BCUT2D eigenvalue weighted by molar-refractivity contribution is 6.02. The number of carbonyl (C=O) groups is 2. The van der Waals surface area contributed by atoms with Crippen LogP contribution in [0, 0.1) is 5.92 Å². The van der Waals surface area contributed by atoms with Gasteiger partial charge in [0.25, 0.3) is 5.91 Å². The molecule has 2 fully saturated rings. The van der Waals surface area contributed by atoms with Gasteiger partial charge >= 0.3 is 5.97 Å². The van der Waals surface area contributed by atoms with Crippen LogP contribution in [0.5, 0.6) is 0 Å². The Balaban J connectivity index is 1.60. The maximum absolute atomic E-state index is 12.3. The summed E-state index contributed by atoms with van der Waals surface area (Å²) < 4.78 is 0.